The number of benzene rings is 2. The molecule has 27 heavy (non-hydrogen) atoms. The van der Waals surface area contributed by atoms with Gasteiger partial charge in [-0.3, -0.25) is 4.79 Å². The molecule has 0 saturated heterocycles. The number of hydrogen-bond acceptors (Lipinski definition) is 4. The van der Waals surface area contributed by atoms with Gasteiger partial charge in [0, 0.05) is 21.1 Å². The van der Waals surface area contributed by atoms with Gasteiger partial charge in [0.15, 0.2) is 6.61 Å². The van der Waals surface area contributed by atoms with Gasteiger partial charge in [-0.2, -0.15) is 5.10 Å². The van der Waals surface area contributed by atoms with Gasteiger partial charge < -0.3 is 9.15 Å². The molecule has 0 aliphatic carbocycles. The first-order valence-electron chi connectivity index (χ1n) is 7.77. The van der Waals surface area contributed by atoms with E-state index in [-0.39, 0.29) is 6.61 Å². The summed E-state index contributed by atoms with van der Waals surface area (Å²) in [6.07, 6.45) is 1.41. The van der Waals surface area contributed by atoms with Crippen LogP contribution in [0.1, 0.15) is 5.76 Å². The first-order chi connectivity index (χ1) is 13.0. The normalized spacial score (nSPS) is 10.9. The number of amides is 1. The number of ether oxygens (including phenoxy) is 1. The lowest BCUT2D eigenvalue weighted by Gasteiger charge is -2.07. The first kappa shape index (κ1) is 19.5. The average molecular weight is 468 g/mol. The summed E-state index contributed by atoms with van der Waals surface area (Å²) >= 11 is 15.3. The van der Waals surface area contributed by atoms with E-state index in [2.05, 4.69) is 26.5 Å². The summed E-state index contributed by atoms with van der Waals surface area (Å²) in [6, 6.07) is 16.1. The summed E-state index contributed by atoms with van der Waals surface area (Å²) in [5.41, 5.74) is 3.29. The SMILES string of the molecule is O=C(COc1cc(Cl)ccc1Cl)N/N=C/c1ccc(-c2cccc(Br)c2)o1. The van der Waals surface area contributed by atoms with Crippen molar-refractivity contribution in [3.8, 4) is 17.1 Å². The molecule has 1 amide bonds. The molecule has 0 aliphatic rings. The topological polar surface area (TPSA) is 63.8 Å². The number of nitrogens with one attached hydrogen (secondary N) is 1. The second-order valence-electron chi connectivity index (χ2n) is 5.37. The largest absolute Gasteiger partial charge is 0.482 e. The van der Waals surface area contributed by atoms with Crippen LogP contribution in [0.15, 0.2) is 68.6 Å². The zero-order valence-electron chi connectivity index (χ0n) is 13.8. The van der Waals surface area contributed by atoms with Crippen LogP contribution in [0.3, 0.4) is 0 Å². The molecule has 0 aliphatic heterocycles. The zero-order chi connectivity index (χ0) is 19.2. The maximum atomic E-state index is 11.8. The quantitative estimate of drug-likeness (QED) is 0.382. The standard InChI is InChI=1S/C19H13BrCl2N2O3/c20-13-3-1-2-12(8-13)17-7-5-15(27-17)10-23-24-19(25)11-26-18-9-14(21)4-6-16(18)22/h1-10H,11H2,(H,24,25)/b23-10+. The fourth-order valence-corrected chi connectivity index (χ4v) is 2.88. The Bertz CT molecular complexity index is 989. The highest BCUT2D eigenvalue weighted by Crippen LogP contribution is 2.27. The Kier molecular flexibility index (Phi) is 6.55. The number of hydrogen-bond donors (Lipinski definition) is 1. The van der Waals surface area contributed by atoms with E-state index >= 15 is 0 Å². The van der Waals surface area contributed by atoms with Crippen molar-refractivity contribution in [3.63, 3.8) is 0 Å². The Morgan fingerprint density at radius 3 is 2.85 bits per heavy atom. The Morgan fingerprint density at radius 1 is 1.19 bits per heavy atom. The van der Waals surface area contributed by atoms with E-state index in [1.807, 2.05) is 30.3 Å². The van der Waals surface area contributed by atoms with Crippen LogP contribution in [0.5, 0.6) is 5.75 Å². The van der Waals surface area contributed by atoms with E-state index in [1.54, 1.807) is 18.2 Å². The molecule has 0 saturated carbocycles. The molecule has 0 fully saturated rings. The van der Waals surface area contributed by atoms with Crippen molar-refractivity contribution in [3.05, 3.63) is 74.9 Å². The molecule has 0 spiro atoms. The Morgan fingerprint density at radius 2 is 2.04 bits per heavy atom. The van der Waals surface area contributed by atoms with Crippen molar-refractivity contribution < 1.29 is 13.9 Å². The average Bonchev–Trinajstić information content (AvgIpc) is 3.11. The summed E-state index contributed by atoms with van der Waals surface area (Å²) in [7, 11) is 0. The van der Waals surface area contributed by atoms with E-state index in [9.17, 15) is 4.79 Å². The number of furan rings is 1. The summed E-state index contributed by atoms with van der Waals surface area (Å²) in [6.45, 7) is -0.251. The summed E-state index contributed by atoms with van der Waals surface area (Å²) in [4.78, 5) is 11.8. The molecule has 0 unspecified atom stereocenters. The van der Waals surface area contributed by atoms with Crippen LogP contribution >= 0.6 is 39.1 Å². The second-order valence-corrected chi connectivity index (χ2v) is 7.13. The molecule has 3 aromatic rings. The van der Waals surface area contributed by atoms with Gasteiger partial charge in [-0.1, -0.05) is 51.3 Å². The maximum absolute atomic E-state index is 11.8. The van der Waals surface area contributed by atoms with Crippen LogP contribution in [0.4, 0.5) is 0 Å². The number of carbonyl (C=O) groups is 1. The molecule has 1 N–H and O–H groups in total. The van der Waals surface area contributed by atoms with Crippen LogP contribution in [0.2, 0.25) is 10.0 Å². The Balaban J connectivity index is 1.53. The maximum Gasteiger partial charge on any atom is 0.277 e. The summed E-state index contributed by atoms with van der Waals surface area (Å²) in [5.74, 6) is 1.08. The monoisotopic (exact) mass is 466 g/mol. The molecule has 2 aromatic carbocycles. The molecular weight excluding hydrogens is 455 g/mol. The minimum atomic E-state index is -0.443. The van der Waals surface area contributed by atoms with E-state index in [0.717, 1.165) is 10.0 Å². The number of rotatable bonds is 6. The van der Waals surface area contributed by atoms with E-state index in [1.165, 1.54) is 12.3 Å². The molecule has 1 heterocycles. The van der Waals surface area contributed by atoms with E-state index < -0.39 is 5.91 Å². The van der Waals surface area contributed by atoms with Crippen molar-refractivity contribution in [2.45, 2.75) is 0 Å². The molecule has 0 atom stereocenters. The van der Waals surface area contributed by atoms with Gasteiger partial charge in [0.25, 0.3) is 5.91 Å². The van der Waals surface area contributed by atoms with Crippen LogP contribution in [0, 0.1) is 0 Å². The second kappa shape index (κ2) is 9.08. The summed E-state index contributed by atoms with van der Waals surface area (Å²) < 4.78 is 12.0. The first-order valence-corrected chi connectivity index (χ1v) is 9.32. The van der Waals surface area contributed by atoms with Crippen molar-refractivity contribution >= 4 is 51.3 Å². The minimum absolute atomic E-state index is 0.251. The molecule has 0 bridgehead atoms. The highest BCUT2D eigenvalue weighted by molar-refractivity contribution is 9.10. The molecule has 138 valence electrons. The van der Waals surface area contributed by atoms with Gasteiger partial charge in [-0.05, 0) is 36.4 Å². The van der Waals surface area contributed by atoms with Crippen molar-refractivity contribution in [1.82, 2.24) is 5.43 Å². The lowest BCUT2D eigenvalue weighted by atomic mass is 10.2. The smallest absolute Gasteiger partial charge is 0.277 e. The predicted octanol–water partition coefficient (Wildman–Crippen LogP) is 5.55. The molecule has 1 aromatic heterocycles. The third-order valence-corrected chi connectivity index (χ3v) is 4.41. The van der Waals surface area contributed by atoms with Gasteiger partial charge in [-0.15, -0.1) is 0 Å². The van der Waals surface area contributed by atoms with Crippen molar-refractivity contribution in [1.29, 1.82) is 0 Å². The lowest BCUT2D eigenvalue weighted by Crippen LogP contribution is -2.24. The predicted molar refractivity (Wildman–Crippen MR) is 110 cm³/mol. The van der Waals surface area contributed by atoms with Crippen LogP contribution in [0.25, 0.3) is 11.3 Å². The van der Waals surface area contributed by atoms with E-state index in [0.29, 0.717) is 27.3 Å². The Labute approximate surface area is 174 Å². The van der Waals surface area contributed by atoms with Gasteiger partial charge in [0.1, 0.15) is 17.3 Å². The third-order valence-electron chi connectivity index (χ3n) is 3.37. The van der Waals surface area contributed by atoms with Crippen LogP contribution in [-0.2, 0) is 4.79 Å². The van der Waals surface area contributed by atoms with Gasteiger partial charge in [-0.25, -0.2) is 5.43 Å². The number of carbonyl (C=O) groups excluding carboxylic acids is 1. The van der Waals surface area contributed by atoms with Crippen LogP contribution in [-0.4, -0.2) is 18.7 Å². The highest BCUT2D eigenvalue weighted by Gasteiger charge is 2.07. The highest BCUT2D eigenvalue weighted by atomic mass is 79.9. The Hall–Kier alpha value is -2.28. The number of nitrogens with zero attached hydrogens (tertiary/aromatic N) is 1. The van der Waals surface area contributed by atoms with Gasteiger partial charge in [0.05, 0.1) is 11.2 Å². The van der Waals surface area contributed by atoms with Gasteiger partial charge >= 0.3 is 0 Å². The third kappa shape index (κ3) is 5.60. The molecule has 5 nitrogen and oxygen atoms in total. The number of halogens is 3. The fraction of sp³-hybridized carbons (Fsp3) is 0.0526. The van der Waals surface area contributed by atoms with Crippen molar-refractivity contribution in [2.75, 3.05) is 6.61 Å². The summed E-state index contributed by atoms with van der Waals surface area (Å²) in [5, 5.41) is 4.68. The van der Waals surface area contributed by atoms with Gasteiger partial charge in [0.2, 0.25) is 0 Å². The molecule has 3 rings (SSSR count). The fourth-order valence-electron chi connectivity index (χ4n) is 2.15. The van der Waals surface area contributed by atoms with E-state index in [4.69, 9.17) is 32.4 Å². The van der Waals surface area contributed by atoms with Crippen molar-refractivity contribution in [2.24, 2.45) is 5.10 Å². The lowest BCUT2D eigenvalue weighted by molar-refractivity contribution is -0.123. The number of hydrazone groups is 1. The molecule has 0 radical (unpaired) electrons. The zero-order valence-corrected chi connectivity index (χ0v) is 16.9. The molecular formula is C19H13BrCl2N2O3. The molecule has 8 heteroatoms. The minimum Gasteiger partial charge on any atom is -0.482 e. The van der Waals surface area contributed by atoms with Crippen LogP contribution < -0.4 is 10.2 Å².